The van der Waals surface area contributed by atoms with E-state index in [4.69, 9.17) is 13.9 Å². The molecule has 0 spiro atoms. The molecule has 1 aliphatic rings. The number of thioether (sulfide) groups is 1. The molecule has 0 unspecified atom stereocenters. The van der Waals surface area contributed by atoms with Crippen molar-refractivity contribution in [3.05, 3.63) is 18.2 Å². The maximum atomic E-state index is 12.4. The van der Waals surface area contributed by atoms with Crippen LogP contribution >= 0.6 is 11.8 Å². The van der Waals surface area contributed by atoms with Crippen LogP contribution in [-0.2, 0) is 9.59 Å². The van der Waals surface area contributed by atoms with E-state index in [0.29, 0.717) is 54.4 Å². The van der Waals surface area contributed by atoms with Crippen molar-refractivity contribution in [2.75, 3.05) is 46.2 Å². The van der Waals surface area contributed by atoms with E-state index in [2.05, 4.69) is 10.2 Å². The summed E-state index contributed by atoms with van der Waals surface area (Å²) in [6.07, 6.45) is 0. The lowest BCUT2D eigenvalue weighted by Crippen LogP contribution is -2.50. The van der Waals surface area contributed by atoms with Gasteiger partial charge in [0.15, 0.2) is 0 Å². The number of aromatic nitrogens is 2. The van der Waals surface area contributed by atoms with Crippen LogP contribution in [0.1, 0.15) is 6.92 Å². The molecule has 150 valence electrons. The zero-order chi connectivity index (χ0) is 20.1. The first-order valence-corrected chi connectivity index (χ1v) is 9.71. The van der Waals surface area contributed by atoms with Crippen molar-refractivity contribution in [2.24, 2.45) is 0 Å². The molecule has 9 nitrogen and oxygen atoms in total. The fraction of sp³-hybridized carbons (Fsp3) is 0.444. The van der Waals surface area contributed by atoms with Gasteiger partial charge >= 0.3 is 0 Å². The number of ether oxygens (including phenoxy) is 2. The normalized spacial score (nSPS) is 14.1. The zero-order valence-corrected chi connectivity index (χ0v) is 16.8. The highest BCUT2D eigenvalue weighted by Gasteiger charge is 2.23. The summed E-state index contributed by atoms with van der Waals surface area (Å²) in [6, 6.07) is 5.29. The second-order valence-electron chi connectivity index (χ2n) is 6.15. The average molecular weight is 406 g/mol. The highest BCUT2D eigenvalue weighted by Crippen LogP contribution is 2.30. The molecule has 1 aromatic carbocycles. The van der Waals surface area contributed by atoms with Crippen LogP contribution in [0, 0.1) is 0 Å². The summed E-state index contributed by atoms with van der Waals surface area (Å²) >= 11 is 1.19. The van der Waals surface area contributed by atoms with Gasteiger partial charge in [0, 0.05) is 44.7 Å². The molecule has 2 heterocycles. The molecular formula is C18H22N4O5S. The molecule has 1 saturated heterocycles. The summed E-state index contributed by atoms with van der Waals surface area (Å²) in [6.45, 7) is 3.75. The minimum Gasteiger partial charge on any atom is -0.497 e. The van der Waals surface area contributed by atoms with E-state index in [-0.39, 0.29) is 17.6 Å². The second kappa shape index (κ2) is 8.96. The van der Waals surface area contributed by atoms with Crippen LogP contribution in [0.15, 0.2) is 27.8 Å². The first-order chi connectivity index (χ1) is 13.5. The molecule has 10 heteroatoms. The van der Waals surface area contributed by atoms with Gasteiger partial charge in [0.1, 0.15) is 11.5 Å². The molecule has 28 heavy (non-hydrogen) atoms. The topological polar surface area (TPSA) is 98.0 Å². The second-order valence-corrected chi connectivity index (χ2v) is 7.08. The zero-order valence-electron chi connectivity index (χ0n) is 16.0. The Hall–Kier alpha value is -2.75. The van der Waals surface area contributed by atoms with Crippen molar-refractivity contribution in [3.8, 4) is 23.0 Å². The van der Waals surface area contributed by atoms with E-state index in [9.17, 15) is 9.59 Å². The van der Waals surface area contributed by atoms with Crippen LogP contribution in [0.5, 0.6) is 11.5 Å². The molecule has 0 radical (unpaired) electrons. The molecule has 0 atom stereocenters. The summed E-state index contributed by atoms with van der Waals surface area (Å²) in [5.41, 5.74) is 0.669. The molecule has 0 N–H and O–H groups in total. The van der Waals surface area contributed by atoms with Crippen molar-refractivity contribution in [3.63, 3.8) is 0 Å². The molecule has 2 aromatic rings. The number of carbonyl (C=O) groups excluding carboxylic acids is 2. The van der Waals surface area contributed by atoms with E-state index in [1.807, 2.05) is 0 Å². The number of piperazine rings is 1. The van der Waals surface area contributed by atoms with E-state index < -0.39 is 0 Å². The Kier molecular flexibility index (Phi) is 6.40. The number of rotatable bonds is 6. The third-order valence-corrected chi connectivity index (χ3v) is 5.20. The Balaban J connectivity index is 1.58. The maximum Gasteiger partial charge on any atom is 0.277 e. The fourth-order valence-corrected chi connectivity index (χ4v) is 3.47. The van der Waals surface area contributed by atoms with Crippen molar-refractivity contribution in [1.82, 2.24) is 20.0 Å². The smallest absolute Gasteiger partial charge is 0.277 e. The van der Waals surface area contributed by atoms with Crippen LogP contribution in [0.4, 0.5) is 0 Å². The first kappa shape index (κ1) is 20.0. The Bertz CT molecular complexity index is 826. The predicted octanol–water partition coefficient (Wildman–Crippen LogP) is 1.54. The van der Waals surface area contributed by atoms with Crippen LogP contribution < -0.4 is 9.47 Å². The largest absolute Gasteiger partial charge is 0.497 e. The summed E-state index contributed by atoms with van der Waals surface area (Å²) in [5, 5.41) is 8.35. The van der Waals surface area contributed by atoms with Crippen molar-refractivity contribution in [1.29, 1.82) is 0 Å². The quantitative estimate of drug-likeness (QED) is 0.667. The van der Waals surface area contributed by atoms with Gasteiger partial charge in [0.25, 0.3) is 5.22 Å². The number of benzene rings is 1. The molecule has 1 aromatic heterocycles. The molecule has 1 fully saturated rings. The summed E-state index contributed by atoms with van der Waals surface area (Å²) in [7, 11) is 3.13. The molecule has 0 aliphatic carbocycles. The molecule has 0 bridgehead atoms. The van der Waals surface area contributed by atoms with Gasteiger partial charge in [-0.25, -0.2) is 0 Å². The molecule has 2 amide bonds. The highest BCUT2D eigenvalue weighted by atomic mass is 32.2. The Morgan fingerprint density at radius 3 is 2.21 bits per heavy atom. The van der Waals surface area contributed by atoms with Gasteiger partial charge < -0.3 is 23.7 Å². The van der Waals surface area contributed by atoms with Gasteiger partial charge in [-0.2, -0.15) is 0 Å². The number of methoxy groups -OCH3 is 2. The Morgan fingerprint density at radius 1 is 1.04 bits per heavy atom. The molecular weight excluding hydrogens is 384 g/mol. The Labute approximate surface area is 167 Å². The van der Waals surface area contributed by atoms with Gasteiger partial charge in [-0.05, 0) is 12.1 Å². The number of hydrogen-bond donors (Lipinski definition) is 0. The lowest BCUT2D eigenvalue weighted by atomic mass is 10.2. The van der Waals surface area contributed by atoms with Crippen molar-refractivity contribution in [2.45, 2.75) is 12.1 Å². The number of nitrogens with zero attached hydrogens (tertiary/aromatic N) is 4. The highest BCUT2D eigenvalue weighted by molar-refractivity contribution is 7.99. The standard InChI is InChI=1S/C18H22N4O5S/c1-12(23)21-4-6-22(7-5-21)16(24)11-28-18-20-19-17(27-18)13-8-14(25-2)10-15(9-13)26-3/h8-10H,4-7,11H2,1-3H3. The number of amides is 2. The summed E-state index contributed by atoms with van der Waals surface area (Å²) in [5.74, 6) is 1.76. The van der Waals surface area contributed by atoms with E-state index in [1.54, 1.807) is 49.1 Å². The van der Waals surface area contributed by atoms with Gasteiger partial charge in [0.2, 0.25) is 17.7 Å². The Morgan fingerprint density at radius 2 is 1.64 bits per heavy atom. The monoisotopic (exact) mass is 406 g/mol. The van der Waals surface area contributed by atoms with E-state index in [1.165, 1.54) is 11.8 Å². The van der Waals surface area contributed by atoms with Crippen molar-refractivity contribution < 1.29 is 23.5 Å². The number of carbonyl (C=O) groups is 2. The third-order valence-electron chi connectivity index (χ3n) is 4.40. The number of hydrogen-bond acceptors (Lipinski definition) is 8. The molecule has 3 rings (SSSR count). The lowest BCUT2D eigenvalue weighted by molar-refractivity contribution is -0.136. The maximum absolute atomic E-state index is 12.4. The van der Waals surface area contributed by atoms with Gasteiger partial charge in [-0.15, -0.1) is 10.2 Å². The first-order valence-electron chi connectivity index (χ1n) is 8.73. The summed E-state index contributed by atoms with van der Waals surface area (Å²) < 4.78 is 16.1. The fourth-order valence-electron chi connectivity index (χ4n) is 2.80. The summed E-state index contributed by atoms with van der Waals surface area (Å²) in [4.78, 5) is 27.2. The van der Waals surface area contributed by atoms with Crippen LogP contribution in [0.2, 0.25) is 0 Å². The van der Waals surface area contributed by atoms with Gasteiger partial charge in [-0.3, -0.25) is 9.59 Å². The van der Waals surface area contributed by atoms with E-state index in [0.717, 1.165) is 0 Å². The van der Waals surface area contributed by atoms with Crippen LogP contribution in [0.3, 0.4) is 0 Å². The van der Waals surface area contributed by atoms with Gasteiger partial charge in [-0.1, -0.05) is 11.8 Å². The third kappa shape index (κ3) is 4.75. The van der Waals surface area contributed by atoms with E-state index >= 15 is 0 Å². The molecule has 0 saturated carbocycles. The average Bonchev–Trinajstić information content (AvgIpc) is 3.20. The van der Waals surface area contributed by atoms with Crippen LogP contribution in [0.25, 0.3) is 11.5 Å². The minimum absolute atomic E-state index is 0.0176. The minimum atomic E-state index is -0.0176. The van der Waals surface area contributed by atoms with Crippen molar-refractivity contribution >= 4 is 23.6 Å². The van der Waals surface area contributed by atoms with Crippen LogP contribution in [-0.4, -0.2) is 78.0 Å². The molecule has 1 aliphatic heterocycles. The predicted molar refractivity (Wildman–Crippen MR) is 102 cm³/mol. The lowest BCUT2D eigenvalue weighted by Gasteiger charge is -2.34. The SMILES string of the molecule is COc1cc(OC)cc(-c2nnc(SCC(=O)N3CCN(C(C)=O)CC3)o2)c1. The van der Waals surface area contributed by atoms with Gasteiger partial charge in [0.05, 0.1) is 20.0 Å².